The number of nitrogens with one attached hydrogen (secondary N) is 1. The van der Waals surface area contributed by atoms with Crippen molar-refractivity contribution in [2.75, 3.05) is 26.2 Å². The van der Waals surface area contributed by atoms with E-state index in [2.05, 4.69) is 5.32 Å². The zero-order valence-electron chi connectivity index (χ0n) is 14.6. The molecule has 1 saturated carbocycles. The first-order valence-electron chi connectivity index (χ1n) is 8.99. The van der Waals surface area contributed by atoms with E-state index in [0.29, 0.717) is 32.7 Å². The number of hydrogen-bond acceptors (Lipinski definition) is 3. The van der Waals surface area contributed by atoms with Gasteiger partial charge in [0.15, 0.2) is 0 Å². The van der Waals surface area contributed by atoms with Crippen LogP contribution in [0.15, 0.2) is 30.3 Å². The number of amides is 2. The molecule has 0 spiro atoms. The van der Waals surface area contributed by atoms with Crippen molar-refractivity contribution >= 4 is 12.0 Å². The van der Waals surface area contributed by atoms with Gasteiger partial charge in [0.2, 0.25) is 0 Å². The van der Waals surface area contributed by atoms with Crippen LogP contribution in [0.2, 0.25) is 0 Å². The Morgan fingerprint density at radius 3 is 2.80 bits per heavy atom. The average Bonchev–Trinajstić information content (AvgIpc) is 3.17. The van der Waals surface area contributed by atoms with Gasteiger partial charge < -0.3 is 20.1 Å². The summed E-state index contributed by atoms with van der Waals surface area (Å²) in [5.74, 6) is -0.686. The number of nitrogens with zero attached hydrogens (tertiary/aromatic N) is 1. The molecule has 6 nitrogen and oxygen atoms in total. The highest BCUT2D eigenvalue weighted by molar-refractivity contribution is 5.80. The van der Waals surface area contributed by atoms with Gasteiger partial charge in [-0.2, -0.15) is 0 Å². The largest absolute Gasteiger partial charge is 0.481 e. The molecular formula is C19H26N2O4. The molecule has 136 valence electrons. The van der Waals surface area contributed by atoms with Crippen molar-refractivity contribution in [3.8, 4) is 0 Å². The molecule has 25 heavy (non-hydrogen) atoms. The van der Waals surface area contributed by atoms with Crippen LogP contribution in [0.25, 0.3) is 0 Å². The first-order valence-corrected chi connectivity index (χ1v) is 8.99. The molecule has 0 bridgehead atoms. The summed E-state index contributed by atoms with van der Waals surface area (Å²) in [6, 6.07) is 9.59. The lowest BCUT2D eigenvalue weighted by molar-refractivity contribution is -0.149. The molecule has 1 aromatic carbocycles. The highest BCUT2D eigenvalue weighted by Gasteiger charge is 2.55. The Balaban J connectivity index is 1.60. The number of carboxylic acid groups (broad SMARTS) is 1. The first-order chi connectivity index (χ1) is 12.1. The molecule has 3 atom stereocenters. The number of hydrogen-bond donors (Lipinski definition) is 2. The summed E-state index contributed by atoms with van der Waals surface area (Å²) in [6.45, 7) is 3.70. The van der Waals surface area contributed by atoms with Crippen molar-refractivity contribution < 1.29 is 19.4 Å². The Labute approximate surface area is 148 Å². The van der Waals surface area contributed by atoms with Crippen LogP contribution in [0.1, 0.15) is 37.9 Å². The average molecular weight is 346 g/mol. The van der Waals surface area contributed by atoms with E-state index in [-0.39, 0.29) is 18.1 Å². The van der Waals surface area contributed by atoms with Crippen molar-refractivity contribution in [1.29, 1.82) is 0 Å². The van der Waals surface area contributed by atoms with E-state index in [0.717, 1.165) is 18.4 Å². The SMILES string of the molecule is CCOC(CNC(=O)N1C[C@@H]2CCC[C@@]2(C(=O)O)C1)c1ccccc1. The van der Waals surface area contributed by atoms with Gasteiger partial charge in [-0.3, -0.25) is 4.79 Å². The van der Waals surface area contributed by atoms with Gasteiger partial charge in [0, 0.05) is 26.2 Å². The number of carboxylic acids is 1. The van der Waals surface area contributed by atoms with Crippen molar-refractivity contribution in [1.82, 2.24) is 10.2 Å². The van der Waals surface area contributed by atoms with Crippen LogP contribution in [0.3, 0.4) is 0 Å². The lowest BCUT2D eigenvalue weighted by atomic mass is 9.81. The lowest BCUT2D eigenvalue weighted by Gasteiger charge is -2.24. The standard InChI is InChI=1S/C19H26N2O4/c1-2-25-16(14-7-4-3-5-8-14)11-20-18(24)21-12-15-9-6-10-19(15,13-21)17(22)23/h3-5,7-8,15-16H,2,6,9-13H2,1H3,(H,20,24)(H,22,23)/t15-,16?,19+/m0/s1. The summed E-state index contributed by atoms with van der Waals surface area (Å²) < 4.78 is 5.75. The summed E-state index contributed by atoms with van der Waals surface area (Å²) in [5.41, 5.74) is 0.278. The monoisotopic (exact) mass is 346 g/mol. The molecule has 1 aliphatic heterocycles. The smallest absolute Gasteiger partial charge is 0.317 e. The third kappa shape index (κ3) is 3.49. The topological polar surface area (TPSA) is 78.9 Å². The second-order valence-electron chi connectivity index (χ2n) is 6.97. The van der Waals surface area contributed by atoms with E-state index >= 15 is 0 Å². The Bertz CT molecular complexity index is 621. The number of carbonyl (C=O) groups excluding carboxylic acids is 1. The van der Waals surface area contributed by atoms with Crippen LogP contribution >= 0.6 is 0 Å². The van der Waals surface area contributed by atoms with Crippen LogP contribution in [0.5, 0.6) is 0 Å². The van der Waals surface area contributed by atoms with Crippen LogP contribution in [-0.4, -0.2) is 48.2 Å². The maximum atomic E-state index is 12.5. The van der Waals surface area contributed by atoms with Crippen LogP contribution < -0.4 is 5.32 Å². The van der Waals surface area contributed by atoms with Gasteiger partial charge in [-0.15, -0.1) is 0 Å². The molecule has 1 heterocycles. The summed E-state index contributed by atoms with van der Waals surface area (Å²) in [4.78, 5) is 25.9. The molecule has 2 amide bonds. The maximum Gasteiger partial charge on any atom is 0.317 e. The quantitative estimate of drug-likeness (QED) is 0.830. The van der Waals surface area contributed by atoms with Crippen molar-refractivity contribution in [2.45, 2.75) is 32.3 Å². The fraction of sp³-hybridized carbons (Fsp3) is 0.579. The molecule has 0 aromatic heterocycles. The van der Waals surface area contributed by atoms with E-state index in [1.54, 1.807) is 4.90 Å². The van der Waals surface area contributed by atoms with E-state index < -0.39 is 11.4 Å². The number of likely N-dealkylation sites (tertiary alicyclic amines) is 1. The Morgan fingerprint density at radius 1 is 1.40 bits per heavy atom. The van der Waals surface area contributed by atoms with Crippen molar-refractivity contribution in [3.63, 3.8) is 0 Å². The van der Waals surface area contributed by atoms with Crippen molar-refractivity contribution in [3.05, 3.63) is 35.9 Å². The number of benzene rings is 1. The normalized spacial score (nSPS) is 26.3. The second-order valence-corrected chi connectivity index (χ2v) is 6.97. The van der Waals surface area contributed by atoms with E-state index in [1.807, 2.05) is 37.3 Å². The van der Waals surface area contributed by atoms with Crippen molar-refractivity contribution in [2.24, 2.45) is 11.3 Å². The summed E-state index contributed by atoms with van der Waals surface area (Å²) >= 11 is 0. The number of urea groups is 1. The molecule has 1 unspecified atom stereocenters. The highest BCUT2D eigenvalue weighted by Crippen LogP contribution is 2.48. The van der Waals surface area contributed by atoms with E-state index in [4.69, 9.17) is 4.74 Å². The van der Waals surface area contributed by atoms with Gasteiger partial charge in [0.05, 0.1) is 11.5 Å². The second kappa shape index (κ2) is 7.44. The Morgan fingerprint density at radius 2 is 2.16 bits per heavy atom. The Kier molecular flexibility index (Phi) is 5.27. The first kappa shape index (κ1) is 17.7. The molecule has 2 N–H and O–H groups in total. The minimum atomic E-state index is -0.762. The predicted molar refractivity (Wildman–Crippen MR) is 93.2 cm³/mol. The fourth-order valence-electron chi connectivity index (χ4n) is 4.23. The Hall–Kier alpha value is -2.08. The lowest BCUT2D eigenvalue weighted by Crippen LogP contribution is -2.43. The predicted octanol–water partition coefficient (Wildman–Crippen LogP) is 2.66. The molecule has 1 aromatic rings. The number of ether oxygens (including phenoxy) is 1. The number of rotatable bonds is 6. The zero-order chi connectivity index (χ0) is 17.9. The molecule has 0 radical (unpaired) electrons. The van der Waals surface area contributed by atoms with E-state index in [9.17, 15) is 14.7 Å². The molecule has 2 fully saturated rings. The minimum absolute atomic E-state index is 0.0764. The van der Waals surface area contributed by atoms with Gasteiger partial charge >= 0.3 is 12.0 Å². The van der Waals surface area contributed by atoms with Gasteiger partial charge in [-0.05, 0) is 31.2 Å². The van der Waals surface area contributed by atoms with Gasteiger partial charge in [-0.1, -0.05) is 36.8 Å². The fourth-order valence-corrected chi connectivity index (χ4v) is 4.23. The molecule has 2 aliphatic rings. The van der Waals surface area contributed by atoms with Crippen LogP contribution in [0, 0.1) is 11.3 Å². The summed E-state index contributed by atoms with van der Waals surface area (Å²) in [6.07, 6.45) is 2.29. The maximum absolute atomic E-state index is 12.5. The zero-order valence-corrected chi connectivity index (χ0v) is 14.6. The number of fused-ring (bicyclic) bond motifs is 1. The third-order valence-corrected chi connectivity index (χ3v) is 5.56. The molecule has 6 heteroatoms. The number of carbonyl (C=O) groups is 2. The van der Waals surface area contributed by atoms with Crippen LogP contribution in [0.4, 0.5) is 4.79 Å². The van der Waals surface area contributed by atoms with Gasteiger partial charge in [-0.25, -0.2) is 4.79 Å². The molecule has 3 rings (SSSR count). The van der Waals surface area contributed by atoms with Gasteiger partial charge in [0.25, 0.3) is 0 Å². The third-order valence-electron chi connectivity index (χ3n) is 5.56. The molecule has 1 saturated heterocycles. The molecular weight excluding hydrogens is 320 g/mol. The van der Waals surface area contributed by atoms with Gasteiger partial charge in [0.1, 0.15) is 0 Å². The summed E-state index contributed by atoms with van der Waals surface area (Å²) in [5, 5.41) is 12.6. The molecule has 1 aliphatic carbocycles. The minimum Gasteiger partial charge on any atom is -0.481 e. The highest BCUT2D eigenvalue weighted by atomic mass is 16.5. The summed E-state index contributed by atoms with van der Waals surface area (Å²) in [7, 11) is 0. The van der Waals surface area contributed by atoms with E-state index in [1.165, 1.54) is 0 Å². The number of aliphatic carboxylic acids is 1. The van der Waals surface area contributed by atoms with Crippen LogP contribution in [-0.2, 0) is 9.53 Å².